The second-order valence-corrected chi connectivity index (χ2v) is 10.6. The van der Waals surface area contributed by atoms with Gasteiger partial charge in [-0.25, -0.2) is 9.78 Å². The Hall–Kier alpha value is -4.91. The number of rotatable bonds is 6. The minimum Gasteiger partial charge on any atom is -0.451 e. The van der Waals surface area contributed by atoms with Crippen molar-refractivity contribution in [2.75, 3.05) is 4.90 Å². The molecule has 2 heterocycles. The van der Waals surface area contributed by atoms with Crippen LogP contribution in [0.2, 0.25) is 0 Å². The number of hydrogen-bond donors (Lipinski definition) is 0. The summed E-state index contributed by atoms with van der Waals surface area (Å²) in [6.07, 6.45) is 4.12. The fourth-order valence-corrected chi connectivity index (χ4v) is 5.61. The van der Waals surface area contributed by atoms with Crippen molar-refractivity contribution in [3.8, 4) is 11.3 Å². The lowest BCUT2D eigenvalue weighted by atomic mass is 9.85. The Bertz CT molecular complexity index is 1700. The average Bonchev–Trinajstić information content (AvgIpc) is 3.26. The van der Waals surface area contributed by atoms with Gasteiger partial charge >= 0.3 is 5.97 Å². The van der Waals surface area contributed by atoms with Crippen molar-refractivity contribution in [3.05, 3.63) is 108 Å². The van der Waals surface area contributed by atoms with Gasteiger partial charge < -0.3 is 4.74 Å². The third-order valence-electron chi connectivity index (χ3n) is 7.82. The number of ketones is 1. The van der Waals surface area contributed by atoms with Crippen molar-refractivity contribution in [2.24, 2.45) is 11.8 Å². The third kappa shape index (κ3) is 4.84. The number of imide groups is 1. The van der Waals surface area contributed by atoms with Crippen LogP contribution in [-0.4, -0.2) is 34.7 Å². The van der Waals surface area contributed by atoms with E-state index >= 15 is 0 Å². The van der Waals surface area contributed by atoms with Crippen LogP contribution in [0.5, 0.6) is 0 Å². The Morgan fingerprint density at radius 2 is 1.54 bits per heavy atom. The van der Waals surface area contributed by atoms with Crippen molar-refractivity contribution in [2.45, 2.75) is 32.8 Å². The zero-order valence-corrected chi connectivity index (χ0v) is 22.7. The minimum absolute atomic E-state index is 0.166. The van der Waals surface area contributed by atoms with Crippen molar-refractivity contribution in [1.82, 2.24) is 4.98 Å². The highest BCUT2D eigenvalue weighted by molar-refractivity contribution is 6.22. The summed E-state index contributed by atoms with van der Waals surface area (Å²) in [6.45, 7) is 3.49. The lowest BCUT2D eigenvalue weighted by Gasteiger charge is -2.16. The lowest BCUT2D eigenvalue weighted by molar-refractivity contribution is -0.122. The molecule has 1 aromatic heterocycles. The Morgan fingerprint density at radius 3 is 2.20 bits per heavy atom. The number of carbonyl (C=O) groups is 4. The highest BCUT2D eigenvalue weighted by atomic mass is 16.5. The van der Waals surface area contributed by atoms with Crippen LogP contribution in [0.15, 0.2) is 91.0 Å². The first-order valence-corrected chi connectivity index (χ1v) is 13.7. The van der Waals surface area contributed by atoms with Crippen LogP contribution in [0.25, 0.3) is 22.2 Å². The Balaban J connectivity index is 1.31. The summed E-state index contributed by atoms with van der Waals surface area (Å²) in [6, 6.07) is 23.0. The molecule has 0 N–H and O–H groups in total. The van der Waals surface area contributed by atoms with E-state index in [4.69, 9.17) is 9.72 Å². The molecule has 0 unspecified atom stereocenters. The number of allylic oxidation sites excluding steroid dienone is 2. The van der Waals surface area contributed by atoms with Gasteiger partial charge in [0, 0.05) is 16.5 Å². The van der Waals surface area contributed by atoms with Crippen molar-refractivity contribution >= 4 is 40.2 Å². The molecule has 4 aromatic rings. The number of aryl methyl sites for hydroxylation is 1. The molecule has 7 nitrogen and oxygen atoms in total. The number of ether oxygens (including phenoxy) is 1. The summed E-state index contributed by atoms with van der Waals surface area (Å²) in [5.74, 6) is -1.85. The summed E-state index contributed by atoms with van der Waals surface area (Å²) in [7, 11) is 0. The molecule has 1 saturated heterocycles. The molecule has 0 bridgehead atoms. The highest BCUT2D eigenvalue weighted by Gasteiger charge is 2.47. The number of pyridine rings is 1. The monoisotopic (exact) mass is 544 g/mol. The van der Waals surface area contributed by atoms with Gasteiger partial charge in [-0.1, -0.05) is 66.2 Å². The van der Waals surface area contributed by atoms with Gasteiger partial charge in [-0.3, -0.25) is 19.3 Å². The van der Waals surface area contributed by atoms with E-state index in [1.54, 1.807) is 61.5 Å². The first kappa shape index (κ1) is 26.3. The van der Waals surface area contributed by atoms with Crippen LogP contribution in [0, 0.1) is 18.8 Å². The number of esters is 1. The van der Waals surface area contributed by atoms with Crippen LogP contribution in [0.1, 0.15) is 46.0 Å². The summed E-state index contributed by atoms with van der Waals surface area (Å²) in [4.78, 5) is 58.4. The Morgan fingerprint density at radius 1 is 0.878 bits per heavy atom. The van der Waals surface area contributed by atoms with E-state index in [0.29, 0.717) is 51.8 Å². The molecule has 1 fully saturated rings. The van der Waals surface area contributed by atoms with E-state index in [2.05, 4.69) is 0 Å². The van der Waals surface area contributed by atoms with Gasteiger partial charge in [-0.15, -0.1) is 0 Å². The van der Waals surface area contributed by atoms with Crippen LogP contribution >= 0.6 is 0 Å². The maximum absolute atomic E-state index is 13.4. The van der Waals surface area contributed by atoms with Crippen molar-refractivity contribution in [3.63, 3.8) is 0 Å². The van der Waals surface area contributed by atoms with Crippen molar-refractivity contribution < 1.29 is 23.9 Å². The van der Waals surface area contributed by atoms with E-state index in [9.17, 15) is 19.2 Å². The number of hydrogen-bond acceptors (Lipinski definition) is 6. The smallest absolute Gasteiger partial charge is 0.339 e. The molecule has 6 rings (SSSR count). The van der Waals surface area contributed by atoms with Gasteiger partial charge in [0.1, 0.15) is 0 Å². The molecule has 204 valence electrons. The first-order chi connectivity index (χ1) is 19.8. The zero-order chi connectivity index (χ0) is 28.7. The summed E-state index contributed by atoms with van der Waals surface area (Å²) >= 11 is 0. The van der Waals surface area contributed by atoms with Crippen LogP contribution in [0.4, 0.5) is 5.69 Å². The quantitative estimate of drug-likeness (QED) is 0.126. The Labute approximate surface area is 237 Å². The zero-order valence-electron chi connectivity index (χ0n) is 22.7. The topological polar surface area (TPSA) is 93.6 Å². The van der Waals surface area contributed by atoms with E-state index < -0.39 is 12.1 Å². The molecule has 7 heteroatoms. The van der Waals surface area contributed by atoms with Gasteiger partial charge in [0.15, 0.2) is 6.10 Å². The van der Waals surface area contributed by atoms with Gasteiger partial charge in [0.05, 0.1) is 34.3 Å². The number of Topliss-reactive ketones (excluding diaryl/α,β-unsaturated/α-hetero) is 1. The number of benzene rings is 3. The summed E-state index contributed by atoms with van der Waals surface area (Å²) in [5, 5.41) is 0.624. The average molecular weight is 545 g/mol. The SMILES string of the molecule is Cc1ccc2nc(-c3ccc(N4C(=O)[C@@H]5CC=CC[C@H]5C4=O)cc3)cc(C(=O)O[C@@H](C)C(=O)c3ccccc3)c2c1. The second kappa shape index (κ2) is 10.6. The third-order valence-corrected chi connectivity index (χ3v) is 7.82. The predicted octanol–water partition coefficient (Wildman–Crippen LogP) is 6.09. The molecule has 1 aliphatic carbocycles. The summed E-state index contributed by atoms with van der Waals surface area (Å²) in [5.41, 5.74) is 4.07. The molecular weight excluding hydrogens is 516 g/mol. The molecule has 0 saturated carbocycles. The molecule has 2 amide bonds. The number of amides is 2. The first-order valence-electron chi connectivity index (χ1n) is 13.7. The number of anilines is 1. The molecule has 2 aliphatic rings. The van der Waals surface area contributed by atoms with Gasteiger partial charge in [0.2, 0.25) is 17.6 Å². The molecule has 3 aromatic carbocycles. The van der Waals surface area contributed by atoms with E-state index in [1.807, 2.05) is 43.3 Å². The largest absolute Gasteiger partial charge is 0.451 e. The van der Waals surface area contributed by atoms with Crippen LogP contribution in [-0.2, 0) is 14.3 Å². The van der Waals surface area contributed by atoms with Crippen molar-refractivity contribution in [1.29, 1.82) is 0 Å². The normalized spacial score (nSPS) is 18.8. The van der Waals surface area contributed by atoms with Crippen LogP contribution < -0.4 is 4.90 Å². The van der Waals surface area contributed by atoms with E-state index in [-0.39, 0.29) is 29.4 Å². The number of carbonyl (C=O) groups excluding carboxylic acids is 4. The van der Waals surface area contributed by atoms with Crippen LogP contribution in [0.3, 0.4) is 0 Å². The highest BCUT2D eigenvalue weighted by Crippen LogP contribution is 2.38. The van der Waals surface area contributed by atoms with Gasteiger partial charge in [-0.05, 0) is 57.0 Å². The molecule has 1 aliphatic heterocycles. The van der Waals surface area contributed by atoms with E-state index in [1.165, 1.54) is 4.90 Å². The molecular formula is C34H28N2O5. The second-order valence-electron chi connectivity index (χ2n) is 10.6. The maximum atomic E-state index is 13.4. The van der Waals surface area contributed by atoms with E-state index in [0.717, 1.165) is 5.56 Å². The molecule has 41 heavy (non-hydrogen) atoms. The fourth-order valence-electron chi connectivity index (χ4n) is 5.61. The lowest BCUT2D eigenvalue weighted by Crippen LogP contribution is -2.30. The minimum atomic E-state index is -0.977. The summed E-state index contributed by atoms with van der Waals surface area (Å²) < 4.78 is 5.65. The standard InChI is InChI=1S/C34H28N2O5/c1-20-12-17-29-27(18-20)28(34(40)41-21(2)31(37)23-8-4-3-5-9-23)19-30(35-29)22-13-15-24(16-14-22)36-32(38)25-10-6-7-11-26(25)33(36)39/h3-9,12-19,21,25-26H,10-11H2,1-2H3/t21-,25+,26+/m0/s1. The fraction of sp³-hybridized carbons (Fsp3) is 0.206. The maximum Gasteiger partial charge on any atom is 0.339 e. The van der Waals surface area contributed by atoms with Gasteiger partial charge in [-0.2, -0.15) is 0 Å². The molecule has 0 radical (unpaired) electrons. The molecule has 3 atom stereocenters. The number of nitrogens with zero attached hydrogens (tertiary/aromatic N) is 2. The van der Waals surface area contributed by atoms with Gasteiger partial charge in [0.25, 0.3) is 0 Å². The predicted molar refractivity (Wildman–Crippen MR) is 155 cm³/mol. The number of fused-ring (bicyclic) bond motifs is 2. The Kier molecular flexibility index (Phi) is 6.79. The number of aromatic nitrogens is 1. The molecule has 0 spiro atoms.